The highest BCUT2D eigenvalue weighted by Crippen LogP contribution is 1.96. The minimum absolute atomic E-state index is 0.361. The first-order chi connectivity index (χ1) is 6.06. The Bertz CT molecular complexity index is 108. The van der Waals surface area contributed by atoms with E-state index in [0.29, 0.717) is 6.61 Å². The van der Waals surface area contributed by atoms with E-state index in [2.05, 4.69) is 6.92 Å². The van der Waals surface area contributed by atoms with Gasteiger partial charge in [-0.25, -0.2) is 4.79 Å². The number of rotatable bonds is 5. The number of unbranched alkanes of at least 4 members (excludes halogenated alkanes) is 3. The average molecular weight is 192 g/mol. The molecule has 0 aromatic carbocycles. The fraction of sp³-hybridized carbons (Fsp3) is 0.889. The van der Waals surface area contributed by atoms with Crippen molar-refractivity contribution in [3.05, 3.63) is 0 Å². The fourth-order valence-corrected chi connectivity index (χ4v) is 0.539. The summed E-state index contributed by atoms with van der Waals surface area (Å²) < 4.78 is 0. The molecule has 0 saturated heterocycles. The SMILES string of the molecule is CC(O)C(=O)O.CCCCCCO. The van der Waals surface area contributed by atoms with Crippen LogP contribution in [0.25, 0.3) is 0 Å². The summed E-state index contributed by atoms with van der Waals surface area (Å²) in [6.45, 7) is 3.72. The summed E-state index contributed by atoms with van der Waals surface area (Å²) in [6.07, 6.45) is 3.45. The third-order valence-electron chi connectivity index (χ3n) is 1.37. The van der Waals surface area contributed by atoms with Crippen molar-refractivity contribution in [1.29, 1.82) is 0 Å². The Morgan fingerprint density at radius 2 is 1.77 bits per heavy atom. The summed E-state index contributed by atoms with van der Waals surface area (Å²) in [5, 5.41) is 24.1. The lowest BCUT2D eigenvalue weighted by atomic mass is 10.2. The van der Waals surface area contributed by atoms with Gasteiger partial charge in [-0.2, -0.15) is 0 Å². The molecule has 0 bridgehead atoms. The molecule has 0 aromatic heterocycles. The van der Waals surface area contributed by atoms with E-state index in [9.17, 15) is 4.79 Å². The molecule has 4 heteroatoms. The van der Waals surface area contributed by atoms with E-state index in [1.807, 2.05) is 0 Å². The van der Waals surface area contributed by atoms with Crippen molar-refractivity contribution in [2.45, 2.75) is 45.6 Å². The van der Waals surface area contributed by atoms with E-state index >= 15 is 0 Å². The van der Waals surface area contributed by atoms with Gasteiger partial charge >= 0.3 is 5.97 Å². The Hall–Kier alpha value is -0.610. The predicted octanol–water partition coefficient (Wildman–Crippen LogP) is 1.01. The third-order valence-corrected chi connectivity index (χ3v) is 1.37. The van der Waals surface area contributed by atoms with Crippen LogP contribution in [0.5, 0.6) is 0 Å². The van der Waals surface area contributed by atoms with Gasteiger partial charge < -0.3 is 15.3 Å². The standard InChI is InChI=1S/C6H14O.C3H6O3/c1-2-3-4-5-6-7;1-2(4)3(5)6/h7H,2-6H2,1H3;2,4H,1H3,(H,5,6). The summed E-state index contributed by atoms with van der Waals surface area (Å²) in [6, 6.07) is 0. The Labute approximate surface area is 79.2 Å². The maximum atomic E-state index is 9.45. The number of aliphatic hydroxyl groups excluding tert-OH is 2. The molecule has 0 rings (SSSR count). The maximum absolute atomic E-state index is 9.45. The average Bonchev–Trinajstić information content (AvgIpc) is 2.06. The highest BCUT2D eigenvalue weighted by atomic mass is 16.4. The van der Waals surface area contributed by atoms with Crippen molar-refractivity contribution in [2.24, 2.45) is 0 Å². The lowest BCUT2D eigenvalue weighted by Crippen LogP contribution is -2.13. The van der Waals surface area contributed by atoms with Crippen LogP contribution in [0.1, 0.15) is 39.5 Å². The van der Waals surface area contributed by atoms with Gasteiger partial charge in [-0.1, -0.05) is 26.2 Å². The van der Waals surface area contributed by atoms with Gasteiger partial charge in [0, 0.05) is 6.61 Å². The van der Waals surface area contributed by atoms with Crippen LogP contribution >= 0.6 is 0 Å². The lowest BCUT2D eigenvalue weighted by Gasteiger charge is -1.90. The zero-order chi connectivity index (χ0) is 10.7. The monoisotopic (exact) mass is 192 g/mol. The number of aliphatic carboxylic acids is 1. The number of hydrogen-bond acceptors (Lipinski definition) is 3. The Kier molecular flexibility index (Phi) is 13.0. The van der Waals surface area contributed by atoms with Crippen LogP contribution in [-0.2, 0) is 4.79 Å². The van der Waals surface area contributed by atoms with Gasteiger partial charge in [0.25, 0.3) is 0 Å². The van der Waals surface area contributed by atoms with Gasteiger partial charge in [-0.3, -0.25) is 0 Å². The Morgan fingerprint density at radius 1 is 1.31 bits per heavy atom. The van der Waals surface area contributed by atoms with E-state index < -0.39 is 12.1 Å². The van der Waals surface area contributed by atoms with Crippen molar-refractivity contribution in [3.8, 4) is 0 Å². The number of carbonyl (C=O) groups is 1. The van der Waals surface area contributed by atoms with Crippen LogP contribution in [-0.4, -0.2) is 34.0 Å². The van der Waals surface area contributed by atoms with E-state index in [0.717, 1.165) is 6.42 Å². The van der Waals surface area contributed by atoms with Crippen molar-refractivity contribution >= 4 is 5.97 Å². The van der Waals surface area contributed by atoms with Crippen LogP contribution in [0.15, 0.2) is 0 Å². The molecule has 0 aliphatic rings. The first-order valence-electron chi connectivity index (χ1n) is 4.58. The minimum Gasteiger partial charge on any atom is -0.479 e. The largest absolute Gasteiger partial charge is 0.479 e. The van der Waals surface area contributed by atoms with Crippen LogP contribution < -0.4 is 0 Å². The van der Waals surface area contributed by atoms with Gasteiger partial charge in [0.2, 0.25) is 0 Å². The molecule has 13 heavy (non-hydrogen) atoms. The summed E-state index contributed by atoms with van der Waals surface area (Å²) >= 11 is 0. The summed E-state index contributed by atoms with van der Waals surface area (Å²) in [5.41, 5.74) is 0. The molecule has 0 aromatic rings. The number of carboxylic acid groups (broad SMARTS) is 1. The Balaban J connectivity index is 0. The minimum atomic E-state index is -1.23. The van der Waals surface area contributed by atoms with Crippen molar-refractivity contribution < 1.29 is 20.1 Å². The molecule has 0 amide bonds. The van der Waals surface area contributed by atoms with Crippen molar-refractivity contribution in [1.82, 2.24) is 0 Å². The third kappa shape index (κ3) is 18.4. The smallest absolute Gasteiger partial charge is 0.332 e. The zero-order valence-electron chi connectivity index (χ0n) is 8.36. The lowest BCUT2D eigenvalue weighted by molar-refractivity contribution is -0.145. The first kappa shape index (κ1) is 14.9. The van der Waals surface area contributed by atoms with Gasteiger partial charge in [0.15, 0.2) is 0 Å². The molecule has 0 fully saturated rings. The Morgan fingerprint density at radius 3 is 2.00 bits per heavy atom. The molecule has 0 heterocycles. The zero-order valence-corrected chi connectivity index (χ0v) is 8.36. The van der Waals surface area contributed by atoms with E-state index in [4.69, 9.17) is 15.3 Å². The maximum Gasteiger partial charge on any atom is 0.332 e. The van der Waals surface area contributed by atoms with E-state index in [1.165, 1.54) is 26.2 Å². The summed E-state index contributed by atoms with van der Waals surface area (Å²) in [4.78, 5) is 9.45. The highest BCUT2D eigenvalue weighted by Gasteiger charge is 2.01. The molecule has 3 N–H and O–H groups in total. The first-order valence-corrected chi connectivity index (χ1v) is 4.58. The van der Waals surface area contributed by atoms with Crippen LogP contribution in [0.2, 0.25) is 0 Å². The molecule has 0 spiro atoms. The number of hydrogen-bond donors (Lipinski definition) is 3. The molecular formula is C9H20O4. The van der Waals surface area contributed by atoms with Gasteiger partial charge in [0.05, 0.1) is 0 Å². The molecule has 1 unspecified atom stereocenters. The van der Waals surface area contributed by atoms with Crippen LogP contribution in [0.4, 0.5) is 0 Å². The van der Waals surface area contributed by atoms with Gasteiger partial charge in [0.1, 0.15) is 6.10 Å². The second kappa shape index (κ2) is 11.4. The molecular weight excluding hydrogens is 172 g/mol. The molecule has 0 saturated carbocycles. The topological polar surface area (TPSA) is 77.8 Å². The van der Waals surface area contributed by atoms with Gasteiger partial charge in [-0.05, 0) is 13.3 Å². The summed E-state index contributed by atoms with van der Waals surface area (Å²) in [5.74, 6) is -1.19. The summed E-state index contributed by atoms with van der Waals surface area (Å²) in [7, 11) is 0. The normalized spacial score (nSPS) is 11.4. The number of aliphatic hydroxyl groups is 2. The molecule has 4 nitrogen and oxygen atoms in total. The second-order valence-corrected chi connectivity index (χ2v) is 2.80. The predicted molar refractivity (Wildman–Crippen MR) is 50.5 cm³/mol. The molecule has 0 radical (unpaired) electrons. The fourth-order valence-electron chi connectivity index (χ4n) is 0.539. The molecule has 0 aliphatic heterocycles. The van der Waals surface area contributed by atoms with Crippen LogP contribution in [0, 0.1) is 0 Å². The molecule has 1 atom stereocenters. The van der Waals surface area contributed by atoms with E-state index in [1.54, 1.807) is 0 Å². The molecule has 80 valence electrons. The second-order valence-electron chi connectivity index (χ2n) is 2.80. The highest BCUT2D eigenvalue weighted by molar-refractivity contribution is 5.71. The van der Waals surface area contributed by atoms with E-state index in [-0.39, 0.29) is 0 Å². The molecule has 0 aliphatic carbocycles. The number of carboxylic acids is 1. The van der Waals surface area contributed by atoms with Crippen LogP contribution in [0.3, 0.4) is 0 Å². The van der Waals surface area contributed by atoms with Crippen molar-refractivity contribution in [3.63, 3.8) is 0 Å². The van der Waals surface area contributed by atoms with Crippen molar-refractivity contribution in [2.75, 3.05) is 6.61 Å². The quantitative estimate of drug-likeness (QED) is 0.568. The van der Waals surface area contributed by atoms with Gasteiger partial charge in [-0.15, -0.1) is 0 Å².